The number of rotatable bonds is 44. The van der Waals surface area contributed by atoms with Crippen LogP contribution in [-0.2, 0) is 4.79 Å². The van der Waals surface area contributed by atoms with Crippen LogP contribution in [0, 0.1) is 0 Å². The molecule has 0 fully saturated rings. The summed E-state index contributed by atoms with van der Waals surface area (Å²) >= 11 is 0. The van der Waals surface area contributed by atoms with Crippen LogP contribution in [0.15, 0.2) is 12.2 Å². The average molecular weight is 766 g/mol. The minimum atomic E-state index is -1.27. The maximum absolute atomic E-state index is 12.5. The van der Waals surface area contributed by atoms with E-state index in [-0.39, 0.29) is 0 Å². The van der Waals surface area contributed by atoms with E-state index in [4.69, 9.17) is 0 Å². The molecule has 1 amide bonds. The van der Waals surface area contributed by atoms with Gasteiger partial charge in [0.05, 0.1) is 18.8 Å². The zero-order valence-corrected chi connectivity index (χ0v) is 36.2. The van der Waals surface area contributed by atoms with E-state index in [0.29, 0.717) is 12.8 Å². The molecule has 0 unspecified atom stereocenters. The Morgan fingerprint density at radius 2 is 0.741 bits per heavy atom. The summed E-state index contributed by atoms with van der Waals surface area (Å²) in [5, 5.41) is 43.7. The average Bonchev–Trinajstić information content (AvgIpc) is 3.18. The summed E-state index contributed by atoms with van der Waals surface area (Å²) in [6.07, 6.45) is 48.3. The van der Waals surface area contributed by atoms with Crippen molar-refractivity contribution >= 4 is 5.91 Å². The third-order valence-electron chi connectivity index (χ3n) is 11.5. The summed E-state index contributed by atoms with van der Waals surface area (Å²) in [6, 6.07) is -0.990. The Hall–Kier alpha value is -0.950. The third-order valence-corrected chi connectivity index (χ3v) is 11.5. The van der Waals surface area contributed by atoms with Gasteiger partial charge >= 0.3 is 0 Å². The van der Waals surface area contributed by atoms with Gasteiger partial charge in [-0.05, 0) is 38.5 Å². The highest BCUT2D eigenvalue weighted by molar-refractivity contribution is 5.80. The molecule has 0 spiro atoms. The summed E-state index contributed by atoms with van der Waals surface area (Å²) in [4.78, 5) is 12.5. The Bertz CT molecular complexity index is 776. The molecule has 0 radical (unpaired) electrons. The van der Waals surface area contributed by atoms with E-state index in [1.54, 1.807) is 0 Å². The van der Waals surface area contributed by atoms with Crippen LogP contribution < -0.4 is 5.32 Å². The van der Waals surface area contributed by atoms with E-state index < -0.39 is 36.9 Å². The first kappa shape index (κ1) is 53.0. The zero-order chi connectivity index (χ0) is 39.6. The molecule has 5 N–H and O–H groups in total. The molecule has 0 bridgehead atoms. The highest BCUT2D eigenvalue weighted by Gasteiger charge is 2.28. The van der Waals surface area contributed by atoms with Crippen molar-refractivity contribution in [2.75, 3.05) is 6.61 Å². The first-order valence-corrected chi connectivity index (χ1v) is 24.1. The van der Waals surface area contributed by atoms with E-state index in [1.165, 1.54) is 180 Å². The van der Waals surface area contributed by atoms with E-state index in [2.05, 4.69) is 31.3 Å². The van der Waals surface area contributed by atoms with Gasteiger partial charge in [-0.15, -0.1) is 0 Å². The van der Waals surface area contributed by atoms with Gasteiger partial charge in [0.1, 0.15) is 12.2 Å². The number of aliphatic hydroxyl groups excluding tert-OH is 4. The number of carbonyl (C=O) groups excluding carboxylic acids is 1. The lowest BCUT2D eigenvalue weighted by molar-refractivity contribution is -0.132. The normalized spacial score (nSPS) is 14.1. The van der Waals surface area contributed by atoms with Crippen LogP contribution in [-0.4, -0.2) is 57.3 Å². The van der Waals surface area contributed by atoms with Crippen molar-refractivity contribution in [3.05, 3.63) is 12.2 Å². The zero-order valence-electron chi connectivity index (χ0n) is 36.2. The molecule has 54 heavy (non-hydrogen) atoms. The van der Waals surface area contributed by atoms with Gasteiger partial charge in [-0.25, -0.2) is 0 Å². The van der Waals surface area contributed by atoms with Crippen LogP contribution in [0.25, 0.3) is 0 Å². The van der Waals surface area contributed by atoms with Crippen molar-refractivity contribution in [1.29, 1.82) is 0 Å². The molecule has 0 aliphatic rings. The van der Waals surface area contributed by atoms with Gasteiger partial charge in [0.25, 0.3) is 0 Å². The predicted molar refractivity (Wildman–Crippen MR) is 233 cm³/mol. The molecule has 0 aromatic rings. The first-order valence-electron chi connectivity index (χ1n) is 24.1. The summed E-state index contributed by atoms with van der Waals surface area (Å²) in [5.74, 6) is -0.586. The monoisotopic (exact) mass is 766 g/mol. The summed E-state index contributed by atoms with van der Waals surface area (Å²) in [6.45, 7) is 4.06. The van der Waals surface area contributed by atoms with Crippen LogP contribution in [0.4, 0.5) is 0 Å². The van der Waals surface area contributed by atoms with E-state index in [9.17, 15) is 25.2 Å². The second-order valence-corrected chi connectivity index (χ2v) is 16.8. The van der Waals surface area contributed by atoms with Gasteiger partial charge in [-0.3, -0.25) is 4.79 Å². The fraction of sp³-hybridized carbons (Fsp3) is 0.938. The van der Waals surface area contributed by atoms with Gasteiger partial charge in [0.2, 0.25) is 5.91 Å². The maximum Gasteiger partial charge on any atom is 0.249 e. The number of aliphatic hydroxyl groups is 4. The van der Waals surface area contributed by atoms with Gasteiger partial charge in [0, 0.05) is 0 Å². The summed E-state index contributed by atoms with van der Waals surface area (Å²) < 4.78 is 0. The highest BCUT2D eigenvalue weighted by atomic mass is 16.3. The number of carbonyl (C=O) groups is 1. The Labute approximate surface area is 336 Å². The number of hydrogen-bond acceptors (Lipinski definition) is 5. The molecular formula is C48H95NO5. The smallest absolute Gasteiger partial charge is 0.249 e. The fourth-order valence-corrected chi connectivity index (χ4v) is 7.64. The largest absolute Gasteiger partial charge is 0.394 e. The highest BCUT2D eigenvalue weighted by Crippen LogP contribution is 2.17. The predicted octanol–water partition coefficient (Wildman–Crippen LogP) is 13.0. The second-order valence-electron chi connectivity index (χ2n) is 16.8. The Balaban J connectivity index is 3.68. The second kappa shape index (κ2) is 43.2. The molecule has 0 aromatic heterocycles. The minimum absolute atomic E-state index is 0.370. The number of allylic oxidation sites excluding steroid dienone is 2. The number of unbranched alkanes of at least 4 members (excludes halogenated alkanes) is 33. The number of hydrogen-bond donors (Lipinski definition) is 5. The first-order chi connectivity index (χ1) is 26.5. The van der Waals surface area contributed by atoms with E-state index in [0.717, 1.165) is 51.4 Å². The summed E-state index contributed by atoms with van der Waals surface area (Å²) in [5.41, 5.74) is 0. The standard InChI is InChI=1S/C48H95NO5/c1-3-5-7-9-11-13-15-17-19-20-21-22-23-24-25-26-27-28-30-31-33-35-37-39-41-45(51)47(53)44(43-50)49-48(54)46(52)42-40-38-36-34-32-29-18-16-14-12-10-8-6-4-2/h30-31,44-47,50-53H,3-29,32-43H2,1-2H3,(H,49,54)/b31-30+/t44-,45+,46+,47-/m0/s1. The van der Waals surface area contributed by atoms with Gasteiger partial charge in [-0.2, -0.15) is 0 Å². The Morgan fingerprint density at radius 1 is 0.444 bits per heavy atom. The van der Waals surface area contributed by atoms with Crippen LogP contribution in [0.3, 0.4) is 0 Å². The number of nitrogens with one attached hydrogen (secondary N) is 1. The maximum atomic E-state index is 12.5. The minimum Gasteiger partial charge on any atom is -0.394 e. The van der Waals surface area contributed by atoms with Gasteiger partial charge in [-0.1, -0.05) is 231 Å². The molecule has 0 aliphatic carbocycles. The van der Waals surface area contributed by atoms with Crippen LogP contribution in [0.5, 0.6) is 0 Å². The molecule has 0 saturated heterocycles. The lowest BCUT2D eigenvalue weighted by atomic mass is 9.99. The van der Waals surface area contributed by atoms with Crippen molar-refractivity contribution in [2.45, 2.75) is 282 Å². The number of amides is 1. The fourth-order valence-electron chi connectivity index (χ4n) is 7.64. The van der Waals surface area contributed by atoms with E-state index in [1.807, 2.05) is 0 Å². The van der Waals surface area contributed by atoms with Gasteiger partial charge in [0.15, 0.2) is 0 Å². The molecule has 0 aromatic carbocycles. The topological polar surface area (TPSA) is 110 Å². The van der Waals surface area contributed by atoms with Gasteiger partial charge < -0.3 is 25.7 Å². The molecule has 6 heteroatoms. The van der Waals surface area contributed by atoms with Crippen LogP contribution >= 0.6 is 0 Å². The molecule has 0 rings (SSSR count). The SMILES string of the molecule is CCCCCCCCCCCCCCCCCCC/C=C/CCCCC[C@@H](O)[C@@H](O)[C@H](CO)NC(=O)[C@H](O)CCCCCCCCCCCCCCCC. The summed E-state index contributed by atoms with van der Waals surface area (Å²) in [7, 11) is 0. The molecule has 6 nitrogen and oxygen atoms in total. The molecule has 0 heterocycles. The third kappa shape index (κ3) is 36.7. The van der Waals surface area contributed by atoms with Crippen molar-refractivity contribution < 1.29 is 25.2 Å². The van der Waals surface area contributed by atoms with E-state index >= 15 is 0 Å². The molecule has 322 valence electrons. The van der Waals surface area contributed by atoms with Crippen molar-refractivity contribution in [3.8, 4) is 0 Å². The lowest BCUT2D eigenvalue weighted by Gasteiger charge is -2.27. The molecule has 0 aliphatic heterocycles. The van der Waals surface area contributed by atoms with Crippen molar-refractivity contribution in [1.82, 2.24) is 5.32 Å². The molecule has 4 atom stereocenters. The molecular weight excluding hydrogens is 671 g/mol. The Kier molecular flexibility index (Phi) is 42.4. The van der Waals surface area contributed by atoms with Crippen LogP contribution in [0.1, 0.15) is 258 Å². The van der Waals surface area contributed by atoms with Crippen molar-refractivity contribution in [2.24, 2.45) is 0 Å². The van der Waals surface area contributed by atoms with Crippen molar-refractivity contribution in [3.63, 3.8) is 0 Å². The van der Waals surface area contributed by atoms with Crippen LogP contribution in [0.2, 0.25) is 0 Å². The quantitative estimate of drug-likeness (QED) is 0.0313. The lowest BCUT2D eigenvalue weighted by Crippen LogP contribution is -2.53. The Morgan fingerprint density at radius 3 is 1.09 bits per heavy atom. The molecule has 0 saturated carbocycles.